The van der Waals surface area contributed by atoms with Gasteiger partial charge in [0, 0.05) is 4.88 Å². The summed E-state index contributed by atoms with van der Waals surface area (Å²) in [6.07, 6.45) is 2.67. The van der Waals surface area contributed by atoms with Gasteiger partial charge >= 0.3 is 11.9 Å². The number of esters is 1. The summed E-state index contributed by atoms with van der Waals surface area (Å²) in [5, 5.41) is 23.0. The second-order valence-electron chi connectivity index (χ2n) is 6.19. The van der Waals surface area contributed by atoms with Crippen LogP contribution in [0.5, 0.6) is 0 Å². The lowest BCUT2D eigenvalue weighted by Crippen LogP contribution is -2.20. The molecule has 1 N–H and O–H groups in total. The maximum Gasteiger partial charge on any atom is 0.433 e. The van der Waals surface area contributed by atoms with Crippen molar-refractivity contribution >= 4 is 34.1 Å². The number of hydrogen-bond donors (Lipinski definition) is 1. The summed E-state index contributed by atoms with van der Waals surface area (Å²) in [7, 11) is 0. The van der Waals surface area contributed by atoms with E-state index < -0.39 is 29.3 Å². The van der Waals surface area contributed by atoms with E-state index >= 15 is 0 Å². The molecule has 1 atom stereocenters. The Labute approximate surface area is 157 Å². The number of carbonyl (C=O) groups excluding carboxylic acids is 2. The van der Waals surface area contributed by atoms with Crippen molar-refractivity contribution in [1.29, 1.82) is 5.26 Å². The quantitative estimate of drug-likeness (QED) is 0.471. The van der Waals surface area contributed by atoms with Crippen molar-refractivity contribution in [2.75, 3.05) is 11.9 Å². The van der Waals surface area contributed by atoms with Gasteiger partial charge in [-0.05, 0) is 36.8 Å². The fourth-order valence-electron chi connectivity index (χ4n) is 2.86. The van der Waals surface area contributed by atoms with Crippen molar-refractivity contribution < 1.29 is 23.7 Å². The highest BCUT2D eigenvalue weighted by Gasteiger charge is 2.25. The van der Waals surface area contributed by atoms with Gasteiger partial charge in [-0.3, -0.25) is 14.9 Å². The van der Waals surface area contributed by atoms with Gasteiger partial charge in [-0.15, -0.1) is 11.3 Å². The number of carbonyl (C=O) groups is 2. The monoisotopic (exact) mass is 389 g/mol. The number of nitrogens with zero attached hydrogens (tertiary/aromatic N) is 2. The first-order valence-electron chi connectivity index (χ1n) is 8.15. The SMILES string of the molecule is C[C@H]1CCc2c(sc(NC(=O)COC(=O)c3ccc([N+](=O)[O-])o3)c2C#N)C1. The average Bonchev–Trinajstić information content (AvgIpc) is 3.23. The molecule has 0 bridgehead atoms. The lowest BCUT2D eigenvalue weighted by atomic mass is 9.89. The number of nitriles is 1. The van der Waals surface area contributed by atoms with Gasteiger partial charge in [0.1, 0.15) is 16.0 Å². The highest BCUT2D eigenvalue weighted by molar-refractivity contribution is 7.16. The van der Waals surface area contributed by atoms with Crippen molar-refractivity contribution in [3.63, 3.8) is 0 Å². The van der Waals surface area contributed by atoms with Crippen molar-refractivity contribution in [1.82, 2.24) is 0 Å². The van der Waals surface area contributed by atoms with E-state index in [1.165, 1.54) is 11.3 Å². The Hall–Kier alpha value is -3.19. The van der Waals surface area contributed by atoms with Gasteiger partial charge in [0.25, 0.3) is 5.91 Å². The molecule has 1 amide bonds. The van der Waals surface area contributed by atoms with Gasteiger partial charge < -0.3 is 14.5 Å². The molecular formula is C17H15N3O6S. The van der Waals surface area contributed by atoms with E-state index in [1.54, 1.807) is 0 Å². The zero-order chi connectivity index (χ0) is 19.6. The predicted molar refractivity (Wildman–Crippen MR) is 94.5 cm³/mol. The molecule has 0 radical (unpaired) electrons. The lowest BCUT2D eigenvalue weighted by Gasteiger charge is -2.17. The number of nitro groups is 1. The van der Waals surface area contributed by atoms with Crippen LogP contribution in [0.15, 0.2) is 16.5 Å². The Kier molecular flexibility index (Phi) is 5.23. The summed E-state index contributed by atoms with van der Waals surface area (Å²) in [6, 6.07) is 4.26. The summed E-state index contributed by atoms with van der Waals surface area (Å²) in [5.74, 6) is -2.02. The third-order valence-corrected chi connectivity index (χ3v) is 5.35. The van der Waals surface area contributed by atoms with E-state index in [4.69, 9.17) is 9.15 Å². The Bertz CT molecular complexity index is 955. The van der Waals surface area contributed by atoms with Crippen molar-refractivity contribution in [3.8, 4) is 6.07 Å². The molecule has 27 heavy (non-hydrogen) atoms. The van der Waals surface area contributed by atoms with Crippen LogP contribution >= 0.6 is 11.3 Å². The van der Waals surface area contributed by atoms with Crippen LogP contribution in [0.2, 0.25) is 0 Å². The molecule has 2 heterocycles. The molecule has 1 aliphatic rings. The van der Waals surface area contributed by atoms with Gasteiger partial charge in [-0.1, -0.05) is 6.92 Å². The molecule has 0 unspecified atom stereocenters. The first-order valence-corrected chi connectivity index (χ1v) is 8.96. The fourth-order valence-corrected chi connectivity index (χ4v) is 4.23. The summed E-state index contributed by atoms with van der Waals surface area (Å²) < 4.78 is 9.51. The summed E-state index contributed by atoms with van der Waals surface area (Å²) >= 11 is 1.37. The van der Waals surface area contributed by atoms with Crippen LogP contribution in [0, 0.1) is 27.4 Å². The number of fused-ring (bicyclic) bond motifs is 1. The summed E-state index contributed by atoms with van der Waals surface area (Å²) in [4.78, 5) is 34.7. The molecule has 1 aliphatic carbocycles. The van der Waals surface area contributed by atoms with Gasteiger partial charge in [0.2, 0.25) is 5.76 Å². The molecule has 2 aromatic heterocycles. The van der Waals surface area contributed by atoms with Crippen LogP contribution in [0.25, 0.3) is 0 Å². The number of nitrogens with one attached hydrogen (secondary N) is 1. The fraction of sp³-hybridized carbons (Fsp3) is 0.353. The number of ether oxygens (including phenoxy) is 1. The zero-order valence-electron chi connectivity index (χ0n) is 14.3. The Morgan fingerprint density at radius 2 is 2.30 bits per heavy atom. The summed E-state index contributed by atoms with van der Waals surface area (Å²) in [6.45, 7) is 1.54. The van der Waals surface area contributed by atoms with E-state index in [9.17, 15) is 25.0 Å². The van der Waals surface area contributed by atoms with E-state index in [-0.39, 0.29) is 5.76 Å². The molecule has 0 fully saturated rings. The van der Waals surface area contributed by atoms with Crippen LogP contribution < -0.4 is 5.32 Å². The van der Waals surface area contributed by atoms with E-state index in [1.807, 2.05) is 0 Å². The predicted octanol–water partition coefficient (Wildman–Crippen LogP) is 3.04. The van der Waals surface area contributed by atoms with Crippen LogP contribution in [-0.2, 0) is 22.4 Å². The van der Waals surface area contributed by atoms with Crippen molar-refractivity contribution in [2.45, 2.75) is 26.2 Å². The van der Waals surface area contributed by atoms with Crippen LogP contribution in [-0.4, -0.2) is 23.4 Å². The number of hydrogen-bond acceptors (Lipinski definition) is 8. The number of furan rings is 1. The second-order valence-corrected chi connectivity index (χ2v) is 7.29. The highest BCUT2D eigenvalue weighted by Crippen LogP contribution is 2.39. The minimum atomic E-state index is -0.988. The minimum Gasteiger partial charge on any atom is -0.450 e. The van der Waals surface area contributed by atoms with Gasteiger partial charge in [0.15, 0.2) is 6.61 Å². The Morgan fingerprint density at radius 1 is 1.52 bits per heavy atom. The maximum absolute atomic E-state index is 12.1. The number of amides is 1. The number of rotatable bonds is 5. The lowest BCUT2D eigenvalue weighted by molar-refractivity contribution is -0.402. The molecular weight excluding hydrogens is 374 g/mol. The third-order valence-electron chi connectivity index (χ3n) is 4.18. The van der Waals surface area contributed by atoms with Gasteiger partial charge in [0.05, 0.1) is 11.6 Å². The normalized spacial score (nSPS) is 15.5. The van der Waals surface area contributed by atoms with Crippen LogP contribution in [0.4, 0.5) is 10.9 Å². The molecule has 0 aliphatic heterocycles. The first kappa shape index (κ1) is 18.6. The molecule has 0 saturated carbocycles. The largest absolute Gasteiger partial charge is 0.450 e. The highest BCUT2D eigenvalue weighted by atomic mass is 32.1. The zero-order valence-corrected chi connectivity index (χ0v) is 15.1. The molecule has 9 nitrogen and oxygen atoms in total. The summed E-state index contributed by atoms with van der Waals surface area (Å²) in [5.41, 5.74) is 1.44. The first-order chi connectivity index (χ1) is 12.9. The van der Waals surface area contributed by atoms with E-state index in [0.717, 1.165) is 41.8 Å². The topological polar surface area (TPSA) is 135 Å². The molecule has 0 spiro atoms. The smallest absolute Gasteiger partial charge is 0.433 e. The van der Waals surface area contributed by atoms with Crippen LogP contribution in [0.3, 0.4) is 0 Å². The maximum atomic E-state index is 12.1. The minimum absolute atomic E-state index is 0.368. The standard InChI is InChI=1S/C17H15N3O6S/c1-9-2-3-10-11(7-18)16(27-13(10)6-9)19-14(21)8-25-17(22)12-4-5-15(26-12)20(23)24/h4-5,9H,2-3,6,8H2,1H3,(H,19,21)/t9-/m0/s1. The van der Waals surface area contributed by atoms with Crippen molar-refractivity contribution in [2.24, 2.45) is 5.92 Å². The third kappa shape index (κ3) is 3.98. The molecule has 0 saturated heterocycles. The molecule has 140 valence electrons. The second kappa shape index (κ2) is 7.59. The number of anilines is 1. The molecule has 3 rings (SSSR count). The van der Waals surface area contributed by atoms with Crippen molar-refractivity contribution in [3.05, 3.63) is 44.0 Å². The van der Waals surface area contributed by atoms with E-state index in [0.29, 0.717) is 16.5 Å². The van der Waals surface area contributed by atoms with Gasteiger partial charge in [-0.25, -0.2) is 4.79 Å². The van der Waals surface area contributed by atoms with E-state index in [2.05, 4.69) is 18.3 Å². The number of thiophene rings is 1. The average molecular weight is 389 g/mol. The Balaban J connectivity index is 1.62. The molecule has 2 aromatic rings. The molecule has 0 aromatic carbocycles. The molecule has 10 heteroatoms. The Morgan fingerprint density at radius 3 is 2.96 bits per heavy atom. The van der Waals surface area contributed by atoms with Crippen LogP contribution in [0.1, 0.15) is 39.9 Å². The van der Waals surface area contributed by atoms with Gasteiger partial charge in [-0.2, -0.15) is 5.26 Å².